The maximum Gasteiger partial charge on any atom is 0.306 e. The molecule has 6 nitrogen and oxygen atoms in total. The summed E-state index contributed by atoms with van der Waals surface area (Å²) in [6.45, 7) is 11.2. The first-order chi connectivity index (χ1) is 24.2. The lowest BCUT2D eigenvalue weighted by molar-refractivity contribution is -0.167. The van der Waals surface area contributed by atoms with Gasteiger partial charge in [-0.2, -0.15) is 0 Å². The van der Waals surface area contributed by atoms with Crippen LogP contribution in [-0.4, -0.2) is 37.2 Å². The summed E-state index contributed by atoms with van der Waals surface area (Å²) >= 11 is 0. The van der Waals surface area contributed by atoms with E-state index >= 15 is 0 Å². The summed E-state index contributed by atoms with van der Waals surface area (Å²) in [6, 6.07) is 0. The molecule has 0 radical (unpaired) electrons. The van der Waals surface area contributed by atoms with Gasteiger partial charge in [-0.1, -0.05) is 195 Å². The number of hydrogen-bond donors (Lipinski definition) is 0. The van der Waals surface area contributed by atoms with Crippen LogP contribution in [0.2, 0.25) is 0 Å². The first kappa shape index (κ1) is 48.4. The number of rotatable bonds is 38. The molecule has 0 aromatic rings. The van der Waals surface area contributed by atoms with Gasteiger partial charge in [0.05, 0.1) is 0 Å². The molecule has 0 aromatic carbocycles. The van der Waals surface area contributed by atoms with Gasteiger partial charge in [-0.25, -0.2) is 0 Å². The van der Waals surface area contributed by atoms with Crippen LogP contribution in [0.25, 0.3) is 0 Å². The highest BCUT2D eigenvalue weighted by Gasteiger charge is 2.19. The maximum atomic E-state index is 12.7. The Morgan fingerprint density at radius 3 is 0.980 bits per heavy atom. The number of hydrogen-bond acceptors (Lipinski definition) is 6. The van der Waals surface area contributed by atoms with Gasteiger partial charge in [0.2, 0.25) is 0 Å². The van der Waals surface area contributed by atoms with Crippen molar-refractivity contribution < 1.29 is 28.6 Å². The molecule has 0 bridgehead atoms. The van der Waals surface area contributed by atoms with E-state index in [1.165, 1.54) is 122 Å². The summed E-state index contributed by atoms with van der Waals surface area (Å²) in [5, 5.41) is 0. The highest BCUT2D eigenvalue weighted by Crippen LogP contribution is 2.16. The SMILES string of the molecule is CCCCCCCCCCCCCC(=O)OC[C@H](COC(=O)CCCCCCCCCC(C)C)OC(=O)CCCCCCCCCCC(C)C. The summed E-state index contributed by atoms with van der Waals surface area (Å²) in [5.41, 5.74) is 0. The molecule has 296 valence electrons. The monoisotopic (exact) mass is 709 g/mol. The molecule has 0 aliphatic rings. The minimum atomic E-state index is -0.760. The van der Waals surface area contributed by atoms with Crippen LogP contribution in [0.5, 0.6) is 0 Å². The minimum Gasteiger partial charge on any atom is -0.462 e. The Kier molecular flexibility index (Phi) is 36.0. The zero-order chi connectivity index (χ0) is 36.9. The van der Waals surface area contributed by atoms with Crippen LogP contribution in [0, 0.1) is 11.8 Å². The molecule has 0 amide bonds. The average molecular weight is 709 g/mol. The highest BCUT2D eigenvalue weighted by atomic mass is 16.6. The van der Waals surface area contributed by atoms with Crippen LogP contribution >= 0.6 is 0 Å². The van der Waals surface area contributed by atoms with Crippen LogP contribution in [0.1, 0.15) is 234 Å². The highest BCUT2D eigenvalue weighted by molar-refractivity contribution is 5.71. The van der Waals surface area contributed by atoms with Gasteiger partial charge in [0, 0.05) is 19.3 Å². The topological polar surface area (TPSA) is 78.9 Å². The van der Waals surface area contributed by atoms with Crippen molar-refractivity contribution in [2.75, 3.05) is 13.2 Å². The van der Waals surface area contributed by atoms with Crippen molar-refractivity contribution in [3.05, 3.63) is 0 Å². The van der Waals surface area contributed by atoms with E-state index in [9.17, 15) is 14.4 Å². The molecule has 0 fully saturated rings. The van der Waals surface area contributed by atoms with Crippen molar-refractivity contribution in [2.45, 2.75) is 240 Å². The fraction of sp³-hybridized carbons (Fsp3) is 0.932. The summed E-state index contributed by atoms with van der Waals surface area (Å²) < 4.78 is 16.7. The summed E-state index contributed by atoms with van der Waals surface area (Å²) in [6.07, 6.45) is 33.8. The lowest BCUT2D eigenvalue weighted by Gasteiger charge is -2.18. The lowest BCUT2D eigenvalue weighted by atomic mass is 10.0. The molecule has 50 heavy (non-hydrogen) atoms. The van der Waals surface area contributed by atoms with E-state index in [4.69, 9.17) is 14.2 Å². The van der Waals surface area contributed by atoms with Crippen molar-refractivity contribution in [1.82, 2.24) is 0 Å². The fourth-order valence-electron chi connectivity index (χ4n) is 6.40. The van der Waals surface area contributed by atoms with E-state index in [2.05, 4.69) is 34.6 Å². The molecule has 0 rings (SSSR count). The van der Waals surface area contributed by atoms with Crippen molar-refractivity contribution in [3.63, 3.8) is 0 Å². The van der Waals surface area contributed by atoms with Gasteiger partial charge in [-0.15, -0.1) is 0 Å². The van der Waals surface area contributed by atoms with Crippen LogP contribution in [0.15, 0.2) is 0 Å². The zero-order valence-corrected chi connectivity index (χ0v) is 34.0. The summed E-state index contributed by atoms with van der Waals surface area (Å²) in [4.78, 5) is 37.6. The fourth-order valence-corrected chi connectivity index (χ4v) is 6.40. The molecule has 0 saturated heterocycles. The van der Waals surface area contributed by atoms with E-state index in [1.807, 2.05) is 0 Å². The second-order valence-electron chi connectivity index (χ2n) is 15.9. The molecule has 0 spiro atoms. The van der Waals surface area contributed by atoms with Crippen molar-refractivity contribution in [2.24, 2.45) is 11.8 Å². The Labute approximate surface area is 310 Å². The first-order valence-electron chi connectivity index (χ1n) is 21.7. The zero-order valence-electron chi connectivity index (χ0n) is 34.0. The van der Waals surface area contributed by atoms with Gasteiger partial charge < -0.3 is 14.2 Å². The third-order valence-corrected chi connectivity index (χ3v) is 9.72. The van der Waals surface area contributed by atoms with Crippen molar-refractivity contribution >= 4 is 17.9 Å². The maximum absolute atomic E-state index is 12.7. The Hall–Kier alpha value is -1.59. The van der Waals surface area contributed by atoms with Gasteiger partial charge >= 0.3 is 17.9 Å². The number of carbonyl (C=O) groups is 3. The summed E-state index contributed by atoms with van der Waals surface area (Å²) in [5.74, 6) is 0.710. The second kappa shape index (κ2) is 37.2. The smallest absolute Gasteiger partial charge is 0.306 e. The minimum absolute atomic E-state index is 0.0660. The Bertz CT molecular complexity index is 764. The largest absolute Gasteiger partial charge is 0.462 e. The lowest BCUT2D eigenvalue weighted by Crippen LogP contribution is -2.30. The quantitative estimate of drug-likeness (QED) is 0.0361. The van der Waals surface area contributed by atoms with E-state index in [0.29, 0.717) is 19.3 Å². The molecule has 0 unspecified atom stereocenters. The molecular weight excluding hydrogens is 624 g/mol. The van der Waals surface area contributed by atoms with Crippen LogP contribution in [0.3, 0.4) is 0 Å². The number of ether oxygens (including phenoxy) is 3. The number of unbranched alkanes of at least 4 members (excludes halogenated alkanes) is 23. The Morgan fingerprint density at radius 1 is 0.380 bits per heavy atom. The van der Waals surface area contributed by atoms with Crippen LogP contribution in [-0.2, 0) is 28.6 Å². The van der Waals surface area contributed by atoms with E-state index < -0.39 is 6.10 Å². The molecule has 0 saturated carbocycles. The van der Waals surface area contributed by atoms with E-state index in [-0.39, 0.29) is 31.1 Å². The molecule has 0 aromatic heterocycles. The number of carbonyl (C=O) groups excluding carboxylic acids is 3. The third kappa shape index (κ3) is 37.7. The third-order valence-electron chi connectivity index (χ3n) is 9.72. The Morgan fingerprint density at radius 2 is 0.660 bits per heavy atom. The molecule has 0 aliphatic carbocycles. The molecule has 6 heteroatoms. The average Bonchev–Trinajstić information content (AvgIpc) is 3.08. The standard InChI is InChI=1S/C44H84O6/c1-6-7-8-9-10-11-12-13-19-24-29-34-42(45)48-37-41(38-49-43(46)35-30-25-21-16-18-23-28-33-40(4)5)50-44(47)36-31-26-20-15-14-17-22-27-32-39(2)3/h39-41H,6-38H2,1-5H3/t41-/m1/s1. The molecule has 0 N–H and O–H groups in total. The molecular formula is C44H84O6. The van der Waals surface area contributed by atoms with Gasteiger partial charge in [0.1, 0.15) is 13.2 Å². The van der Waals surface area contributed by atoms with Gasteiger partial charge in [0.15, 0.2) is 6.10 Å². The number of esters is 3. The van der Waals surface area contributed by atoms with Crippen molar-refractivity contribution in [3.8, 4) is 0 Å². The van der Waals surface area contributed by atoms with Crippen LogP contribution in [0.4, 0.5) is 0 Å². The van der Waals surface area contributed by atoms with Gasteiger partial charge in [-0.05, 0) is 31.1 Å². The predicted molar refractivity (Wildman–Crippen MR) is 210 cm³/mol. The van der Waals surface area contributed by atoms with Crippen LogP contribution < -0.4 is 0 Å². The van der Waals surface area contributed by atoms with Crippen molar-refractivity contribution in [1.29, 1.82) is 0 Å². The first-order valence-corrected chi connectivity index (χ1v) is 21.7. The predicted octanol–water partition coefficient (Wildman–Crippen LogP) is 13.4. The van der Waals surface area contributed by atoms with E-state index in [1.54, 1.807) is 0 Å². The second-order valence-corrected chi connectivity index (χ2v) is 15.9. The molecule has 1 atom stereocenters. The van der Waals surface area contributed by atoms with E-state index in [0.717, 1.165) is 69.6 Å². The normalized spacial score (nSPS) is 12.1. The van der Waals surface area contributed by atoms with Gasteiger partial charge in [-0.3, -0.25) is 14.4 Å². The summed E-state index contributed by atoms with van der Waals surface area (Å²) in [7, 11) is 0. The molecule has 0 aliphatic heterocycles. The van der Waals surface area contributed by atoms with Gasteiger partial charge in [0.25, 0.3) is 0 Å². The Balaban J connectivity index is 4.35. The molecule has 0 heterocycles.